The highest BCUT2D eigenvalue weighted by molar-refractivity contribution is 14.1. The fraction of sp³-hybridized carbons (Fsp3) is 0.429. The van der Waals surface area contributed by atoms with Gasteiger partial charge in [0, 0.05) is 15.7 Å². The first-order valence-corrected chi connectivity index (χ1v) is 7.61. The Labute approximate surface area is 127 Å². The number of unbranched alkanes of at least 4 members (excludes halogenated alkanes) is 1. The minimum absolute atomic E-state index is 0.0149. The lowest BCUT2D eigenvalue weighted by atomic mass is 10.2. The molecule has 0 saturated heterocycles. The molecule has 1 aromatic carbocycles. The van der Waals surface area contributed by atoms with Gasteiger partial charge in [-0.25, -0.2) is 0 Å². The molecule has 0 saturated carbocycles. The zero-order valence-corrected chi connectivity index (χ0v) is 13.3. The van der Waals surface area contributed by atoms with Gasteiger partial charge in [0.1, 0.15) is 6.04 Å². The topological polar surface area (TPSA) is 51.0 Å². The second-order valence-corrected chi connectivity index (χ2v) is 5.77. The quantitative estimate of drug-likeness (QED) is 0.774. The van der Waals surface area contributed by atoms with Crippen LogP contribution in [0.5, 0.6) is 0 Å². The van der Waals surface area contributed by atoms with Gasteiger partial charge in [-0.3, -0.25) is 0 Å². The molecular weight excluding hydrogens is 353 g/mol. The smallest absolute Gasteiger partial charge is 0.248 e. The third-order valence-electron chi connectivity index (χ3n) is 2.82. The lowest BCUT2D eigenvalue weighted by Crippen LogP contribution is -2.07. The number of nitrogens with zero attached hydrogens (tertiary/aromatic N) is 2. The van der Waals surface area contributed by atoms with Crippen LogP contribution in [0.15, 0.2) is 28.8 Å². The summed E-state index contributed by atoms with van der Waals surface area (Å²) < 4.78 is 6.50. The molecule has 0 bridgehead atoms. The van der Waals surface area contributed by atoms with E-state index in [4.69, 9.17) is 4.52 Å². The molecule has 5 heteroatoms. The highest BCUT2D eigenvalue weighted by Crippen LogP contribution is 2.19. The van der Waals surface area contributed by atoms with Gasteiger partial charge in [-0.05, 0) is 54.1 Å². The molecule has 1 unspecified atom stereocenters. The monoisotopic (exact) mass is 371 g/mol. The van der Waals surface area contributed by atoms with E-state index >= 15 is 0 Å². The zero-order chi connectivity index (χ0) is 13.7. The first-order chi connectivity index (χ1) is 9.19. The van der Waals surface area contributed by atoms with Gasteiger partial charge in [0.2, 0.25) is 5.89 Å². The molecule has 0 radical (unpaired) electrons. The molecule has 2 rings (SSSR count). The largest absolute Gasteiger partial charge is 0.374 e. The van der Waals surface area contributed by atoms with Crippen molar-refractivity contribution < 1.29 is 4.52 Å². The average molecular weight is 371 g/mol. The molecule has 19 heavy (non-hydrogen) atoms. The summed E-state index contributed by atoms with van der Waals surface area (Å²) >= 11 is 2.29. The van der Waals surface area contributed by atoms with Crippen molar-refractivity contribution in [1.29, 1.82) is 0 Å². The number of hydrogen-bond acceptors (Lipinski definition) is 4. The maximum atomic E-state index is 5.30. The minimum Gasteiger partial charge on any atom is -0.374 e. The van der Waals surface area contributed by atoms with E-state index in [1.165, 1.54) is 3.57 Å². The van der Waals surface area contributed by atoms with Crippen molar-refractivity contribution >= 4 is 28.3 Å². The molecule has 4 nitrogen and oxygen atoms in total. The predicted molar refractivity (Wildman–Crippen MR) is 84.1 cm³/mol. The van der Waals surface area contributed by atoms with Crippen molar-refractivity contribution in [3.05, 3.63) is 39.6 Å². The van der Waals surface area contributed by atoms with Crippen molar-refractivity contribution in [3.8, 4) is 0 Å². The number of aromatic nitrogens is 2. The van der Waals surface area contributed by atoms with Gasteiger partial charge >= 0.3 is 0 Å². The van der Waals surface area contributed by atoms with Crippen molar-refractivity contribution in [2.45, 2.75) is 39.2 Å². The SMILES string of the molecule is CCCCc1noc(C(C)Nc2cccc(I)c2)n1. The molecule has 102 valence electrons. The number of aryl methyl sites for hydroxylation is 1. The third-order valence-corrected chi connectivity index (χ3v) is 3.49. The Morgan fingerprint density at radius 2 is 2.26 bits per heavy atom. The minimum atomic E-state index is 0.0149. The fourth-order valence-corrected chi connectivity index (χ4v) is 2.31. The first kappa shape index (κ1) is 14.3. The summed E-state index contributed by atoms with van der Waals surface area (Å²) in [7, 11) is 0. The van der Waals surface area contributed by atoms with Gasteiger partial charge in [-0.1, -0.05) is 24.6 Å². The Kier molecular flexibility index (Phi) is 5.18. The van der Waals surface area contributed by atoms with E-state index in [1.807, 2.05) is 19.1 Å². The molecule has 1 atom stereocenters. The highest BCUT2D eigenvalue weighted by Gasteiger charge is 2.13. The van der Waals surface area contributed by atoms with E-state index in [-0.39, 0.29) is 6.04 Å². The zero-order valence-electron chi connectivity index (χ0n) is 11.2. The average Bonchev–Trinajstić information content (AvgIpc) is 2.85. The van der Waals surface area contributed by atoms with Crippen LogP contribution in [0.1, 0.15) is 44.4 Å². The maximum Gasteiger partial charge on any atom is 0.248 e. The standard InChI is InChI=1S/C14H18IN3O/c1-3-4-8-13-17-14(19-18-13)10(2)16-12-7-5-6-11(15)9-12/h5-7,9-10,16H,3-4,8H2,1-2H3. The van der Waals surface area contributed by atoms with Crippen molar-refractivity contribution in [2.75, 3.05) is 5.32 Å². The number of anilines is 1. The molecule has 0 aliphatic carbocycles. The molecule has 1 N–H and O–H groups in total. The predicted octanol–water partition coefficient (Wildman–Crippen LogP) is 4.19. The van der Waals surface area contributed by atoms with Crippen LogP contribution in [0.3, 0.4) is 0 Å². The number of benzene rings is 1. The molecule has 1 heterocycles. The van der Waals surface area contributed by atoms with E-state index in [0.29, 0.717) is 5.89 Å². The number of nitrogens with one attached hydrogen (secondary N) is 1. The number of rotatable bonds is 6. The van der Waals surface area contributed by atoms with Crippen molar-refractivity contribution in [3.63, 3.8) is 0 Å². The van der Waals surface area contributed by atoms with Crippen LogP contribution in [0.25, 0.3) is 0 Å². The summed E-state index contributed by atoms with van der Waals surface area (Å²) in [6.45, 7) is 4.18. The van der Waals surface area contributed by atoms with Crippen LogP contribution < -0.4 is 5.32 Å². The van der Waals surface area contributed by atoms with E-state index in [9.17, 15) is 0 Å². The van der Waals surface area contributed by atoms with Crippen LogP contribution >= 0.6 is 22.6 Å². The summed E-state index contributed by atoms with van der Waals surface area (Å²) in [4.78, 5) is 4.42. The van der Waals surface area contributed by atoms with Gasteiger partial charge in [0.25, 0.3) is 0 Å². The second-order valence-electron chi connectivity index (χ2n) is 4.53. The van der Waals surface area contributed by atoms with Gasteiger partial charge < -0.3 is 9.84 Å². The van der Waals surface area contributed by atoms with E-state index < -0.39 is 0 Å². The van der Waals surface area contributed by atoms with Crippen LogP contribution in [0.4, 0.5) is 5.69 Å². The van der Waals surface area contributed by atoms with Crippen molar-refractivity contribution in [1.82, 2.24) is 10.1 Å². The summed E-state index contributed by atoms with van der Waals surface area (Å²) in [6, 6.07) is 8.22. The Morgan fingerprint density at radius 3 is 3.00 bits per heavy atom. The molecule has 0 amide bonds. The van der Waals surface area contributed by atoms with E-state index in [1.54, 1.807) is 0 Å². The molecule has 0 spiro atoms. The molecule has 1 aromatic heterocycles. The van der Waals surface area contributed by atoms with Crippen LogP contribution in [0, 0.1) is 3.57 Å². The highest BCUT2D eigenvalue weighted by atomic mass is 127. The van der Waals surface area contributed by atoms with E-state index in [0.717, 1.165) is 30.8 Å². The summed E-state index contributed by atoms with van der Waals surface area (Å²) in [5, 5.41) is 7.37. The normalized spacial score (nSPS) is 12.4. The Hall–Kier alpha value is -1.11. The van der Waals surface area contributed by atoms with Crippen LogP contribution in [-0.4, -0.2) is 10.1 Å². The third kappa shape index (κ3) is 4.19. The number of hydrogen-bond donors (Lipinski definition) is 1. The Morgan fingerprint density at radius 1 is 1.42 bits per heavy atom. The lowest BCUT2D eigenvalue weighted by molar-refractivity contribution is 0.362. The fourth-order valence-electron chi connectivity index (χ4n) is 1.77. The number of halogens is 1. The van der Waals surface area contributed by atoms with Gasteiger partial charge in [0.15, 0.2) is 5.82 Å². The van der Waals surface area contributed by atoms with Gasteiger partial charge in [0.05, 0.1) is 0 Å². The Balaban J connectivity index is 1.99. The Bertz CT molecular complexity index is 527. The van der Waals surface area contributed by atoms with Crippen molar-refractivity contribution in [2.24, 2.45) is 0 Å². The summed E-state index contributed by atoms with van der Waals surface area (Å²) in [5.74, 6) is 1.44. The first-order valence-electron chi connectivity index (χ1n) is 6.53. The molecule has 2 aromatic rings. The summed E-state index contributed by atoms with van der Waals surface area (Å²) in [6.07, 6.45) is 3.12. The van der Waals surface area contributed by atoms with Gasteiger partial charge in [-0.15, -0.1) is 0 Å². The summed E-state index contributed by atoms with van der Waals surface area (Å²) in [5.41, 5.74) is 1.06. The lowest BCUT2D eigenvalue weighted by Gasteiger charge is -2.11. The molecular formula is C14H18IN3O. The van der Waals surface area contributed by atoms with Crippen LogP contribution in [-0.2, 0) is 6.42 Å². The molecule has 0 fully saturated rings. The maximum absolute atomic E-state index is 5.30. The van der Waals surface area contributed by atoms with E-state index in [2.05, 4.69) is 57.1 Å². The second kappa shape index (κ2) is 6.88. The van der Waals surface area contributed by atoms with Gasteiger partial charge in [-0.2, -0.15) is 4.98 Å². The van der Waals surface area contributed by atoms with Crippen LogP contribution in [0.2, 0.25) is 0 Å². The molecule has 0 aliphatic rings. The molecule has 0 aliphatic heterocycles.